The zero-order valence-corrected chi connectivity index (χ0v) is 21.4. The maximum absolute atomic E-state index is 12.5. The molecule has 4 nitrogen and oxygen atoms in total. The lowest BCUT2D eigenvalue weighted by atomic mass is 10.1. The van der Waals surface area contributed by atoms with Crippen LogP contribution in [-0.4, -0.2) is 5.91 Å². The summed E-state index contributed by atoms with van der Waals surface area (Å²) in [6.45, 7) is 2.44. The van der Waals surface area contributed by atoms with Crippen molar-refractivity contribution in [1.82, 2.24) is 0 Å². The second kappa shape index (κ2) is 11.0. The number of nitrogens with zero attached hydrogens (tertiary/aromatic N) is 1. The lowest BCUT2D eigenvalue weighted by Crippen LogP contribution is -2.13. The topological polar surface area (TPSA) is 62.1 Å². The Labute approximate surface area is 213 Å². The fourth-order valence-corrected chi connectivity index (χ4v) is 4.48. The normalized spacial score (nSPS) is 11.1. The molecule has 0 aliphatic carbocycles. The van der Waals surface area contributed by atoms with Crippen LogP contribution in [0.25, 0.3) is 6.08 Å². The molecule has 0 aliphatic heterocycles. The van der Waals surface area contributed by atoms with Crippen LogP contribution < -0.4 is 10.1 Å². The van der Waals surface area contributed by atoms with Gasteiger partial charge in [-0.3, -0.25) is 4.79 Å². The second-order valence-electron chi connectivity index (χ2n) is 6.84. The maximum atomic E-state index is 12.5. The van der Waals surface area contributed by atoms with Crippen molar-refractivity contribution in [3.63, 3.8) is 0 Å². The van der Waals surface area contributed by atoms with E-state index in [0.717, 1.165) is 5.56 Å². The summed E-state index contributed by atoms with van der Waals surface area (Å²) >= 11 is 18.9. The molecule has 0 radical (unpaired) electrons. The largest absolute Gasteiger partial charge is 0.487 e. The Morgan fingerprint density at radius 2 is 1.72 bits per heavy atom. The molecule has 0 spiro atoms. The minimum absolute atomic E-state index is 0.0665. The van der Waals surface area contributed by atoms with Gasteiger partial charge in [-0.15, -0.1) is 0 Å². The van der Waals surface area contributed by atoms with Gasteiger partial charge < -0.3 is 10.1 Å². The van der Waals surface area contributed by atoms with E-state index in [1.807, 2.05) is 37.3 Å². The van der Waals surface area contributed by atoms with E-state index in [0.29, 0.717) is 42.6 Å². The molecule has 1 amide bonds. The van der Waals surface area contributed by atoms with Gasteiger partial charge in [0.05, 0.1) is 19.0 Å². The maximum Gasteiger partial charge on any atom is 0.266 e. The molecule has 3 rings (SSSR count). The van der Waals surface area contributed by atoms with Crippen molar-refractivity contribution >= 4 is 72.7 Å². The van der Waals surface area contributed by atoms with Crippen LogP contribution in [0.4, 0.5) is 5.69 Å². The number of nitrogens with one attached hydrogen (secondary N) is 1. The van der Waals surface area contributed by atoms with Crippen molar-refractivity contribution in [3.05, 3.63) is 95.9 Å². The van der Waals surface area contributed by atoms with Crippen molar-refractivity contribution in [2.45, 2.75) is 13.5 Å². The molecule has 3 aromatic carbocycles. The van der Waals surface area contributed by atoms with E-state index in [4.69, 9.17) is 27.9 Å². The van der Waals surface area contributed by atoms with Gasteiger partial charge in [-0.25, -0.2) is 0 Å². The van der Waals surface area contributed by atoms with E-state index in [-0.39, 0.29) is 5.57 Å². The smallest absolute Gasteiger partial charge is 0.266 e. The van der Waals surface area contributed by atoms with Gasteiger partial charge in [0.15, 0.2) is 0 Å². The lowest BCUT2D eigenvalue weighted by molar-refractivity contribution is -0.112. The molecule has 0 aliphatic rings. The van der Waals surface area contributed by atoms with Crippen molar-refractivity contribution in [3.8, 4) is 11.8 Å². The molecule has 0 aromatic heterocycles. The standard InChI is InChI=1S/C24H16Br2Cl2N2O2/c1-14-2-4-15(5-3-14)13-32-23-19(25)9-16(10-20(23)26)8-17(12-29)24(31)30-18-6-7-21(27)22(28)11-18/h2-11H,13H2,1H3,(H,30,31)/b17-8+. The van der Waals surface area contributed by atoms with E-state index in [9.17, 15) is 10.1 Å². The van der Waals surface area contributed by atoms with Gasteiger partial charge in [0, 0.05) is 5.69 Å². The van der Waals surface area contributed by atoms with Crippen LogP contribution in [0.3, 0.4) is 0 Å². The first-order valence-corrected chi connectivity index (χ1v) is 11.7. The van der Waals surface area contributed by atoms with Crippen molar-refractivity contribution in [2.24, 2.45) is 0 Å². The SMILES string of the molecule is Cc1ccc(COc2c(Br)cc(/C=C(\C#N)C(=O)Nc3ccc(Cl)c(Cl)c3)cc2Br)cc1. The minimum atomic E-state index is -0.558. The number of carbonyl (C=O) groups excluding carboxylic acids is 1. The highest BCUT2D eigenvalue weighted by Gasteiger charge is 2.13. The Kier molecular flexibility index (Phi) is 8.38. The van der Waals surface area contributed by atoms with E-state index >= 15 is 0 Å². The zero-order chi connectivity index (χ0) is 23.3. The molecule has 0 bridgehead atoms. The molecule has 0 fully saturated rings. The number of carbonyl (C=O) groups is 1. The number of ether oxygens (including phenoxy) is 1. The van der Waals surface area contributed by atoms with Gasteiger partial charge >= 0.3 is 0 Å². The summed E-state index contributed by atoms with van der Waals surface area (Å²) in [7, 11) is 0. The van der Waals surface area contributed by atoms with E-state index in [2.05, 4.69) is 37.2 Å². The number of rotatable bonds is 6. The van der Waals surface area contributed by atoms with Crippen molar-refractivity contribution in [2.75, 3.05) is 5.32 Å². The highest BCUT2D eigenvalue weighted by atomic mass is 79.9. The van der Waals surface area contributed by atoms with Crippen LogP contribution in [0.1, 0.15) is 16.7 Å². The Bertz CT molecular complexity index is 1210. The predicted octanol–water partition coefficient (Wildman–Crippen LogP) is 7.95. The Morgan fingerprint density at radius 3 is 2.31 bits per heavy atom. The molecule has 32 heavy (non-hydrogen) atoms. The van der Waals surface area contributed by atoms with Gasteiger partial charge in [0.1, 0.15) is 24.0 Å². The molecule has 0 atom stereocenters. The van der Waals surface area contributed by atoms with Crippen LogP contribution in [0.2, 0.25) is 10.0 Å². The van der Waals surface area contributed by atoms with Gasteiger partial charge in [0.2, 0.25) is 0 Å². The molecular formula is C24H16Br2Cl2N2O2. The number of anilines is 1. The minimum Gasteiger partial charge on any atom is -0.487 e. The molecule has 8 heteroatoms. The third kappa shape index (κ3) is 6.36. The molecule has 1 N–H and O–H groups in total. The van der Waals surface area contributed by atoms with Crippen LogP contribution in [0.5, 0.6) is 5.75 Å². The van der Waals surface area contributed by atoms with Gasteiger partial charge in [-0.1, -0.05) is 53.0 Å². The first-order chi connectivity index (χ1) is 15.3. The monoisotopic (exact) mass is 592 g/mol. The number of nitriles is 1. The van der Waals surface area contributed by atoms with Crippen LogP contribution >= 0.6 is 55.1 Å². The third-order valence-corrected chi connectivity index (χ3v) is 6.30. The molecular weight excluding hydrogens is 579 g/mol. The summed E-state index contributed by atoms with van der Waals surface area (Å²) in [6.07, 6.45) is 1.49. The average Bonchev–Trinajstić information content (AvgIpc) is 2.75. The number of aryl methyl sites for hydroxylation is 1. The number of benzene rings is 3. The van der Waals surface area contributed by atoms with E-state index in [1.165, 1.54) is 17.7 Å². The summed E-state index contributed by atoms with van der Waals surface area (Å²) < 4.78 is 7.32. The highest BCUT2D eigenvalue weighted by molar-refractivity contribution is 9.11. The van der Waals surface area contributed by atoms with Crippen LogP contribution in [0, 0.1) is 18.3 Å². The average molecular weight is 595 g/mol. The zero-order valence-electron chi connectivity index (χ0n) is 16.8. The van der Waals surface area contributed by atoms with Crippen molar-refractivity contribution < 1.29 is 9.53 Å². The predicted molar refractivity (Wildman–Crippen MR) is 136 cm³/mol. The molecule has 0 saturated carbocycles. The summed E-state index contributed by atoms with van der Waals surface area (Å²) in [4.78, 5) is 12.5. The Balaban J connectivity index is 1.77. The molecule has 0 unspecified atom stereocenters. The quantitative estimate of drug-likeness (QED) is 0.233. The summed E-state index contributed by atoms with van der Waals surface area (Å²) in [6, 6.07) is 18.3. The first-order valence-electron chi connectivity index (χ1n) is 9.32. The third-order valence-electron chi connectivity index (χ3n) is 4.38. The van der Waals surface area contributed by atoms with E-state index < -0.39 is 5.91 Å². The van der Waals surface area contributed by atoms with Crippen molar-refractivity contribution in [1.29, 1.82) is 5.26 Å². The van der Waals surface area contributed by atoms with E-state index in [1.54, 1.807) is 24.3 Å². The Morgan fingerprint density at radius 1 is 1.06 bits per heavy atom. The fourth-order valence-electron chi connectivity index (χ4n) is 2.73. The van der Waals surface area contributed by atoms with Gasteiger partial charge in [0.25, 0.3) is 5.91 Å². The van der Waals surface area contributed by atoms with Gasteiger partial charge in [-0.05, 0) is 86.3 Å². The number of hydrogen-bond acceptors (Lipinski definition) is 3. The summed E-state index contributed by atoms with van der Waals surface area (Å²) in [5.74, 6) is 0.0688. The van der Waals surface area contributed by atoms with Gasteiger partial charge in [-0.2, -0.15) is 5.26 Å². The lowest BCUT2D eigenvalue weighted by Gasteiger charge is -2.12. The first kappa shape index (κ1) is 24.3. The molecule has 0 saturated heterocycles. The fraction of sp³-hybridized carbons (Fsp3) is 0.0833. The van der Waals surface area contributed by atoms with Crippen LogP contribution in [0.15, 0.2) is 69.1 Å². The van der Waals surface area contributed by atoms with Crippen LogP contribution in [-0.2, 0) is 11.4 Å². The number of amides is 1. The molecule has 3 aromatic rings. The summed E-state index contributed by atoms with van der Waals surface area (Å²) in [5.41, 5.74) is 3.25. The second-order valence-corrected chi connectivity index (χ2v) is 9.36. The number of hydrogen-bond donors (Lipinski definition) is 1. The molecule has 162 valence electrons. The number of halogens is 4. The summed E-state index contributed by atoms with van der Waals surface area (Å²) in [5, 5.41) is 12.8. The Hall–Kier alpha value is -2.30. The molecule has 0 heterocycles. The highest BCUT2D eigenvalue weighted by Crippen LogP contribution is 2.36.